The van der Waals surface area contributed by atoms with Crippen LogP contribution in [-0.2, 0) is 16.1 Å². The second kappa shape index (κ2) is 8.90. The van der Waals surface area contributed by atoms with E-state index in [1.54, 1.807) is 13.2 Å². The maximum atomic E-state index is 13.7. The molecule has 2 N–H and O–H groups in total. The Labute approximate surface area is 219 Å². The lowest BCUT2D eigenvalue weighted by Gasteiger charge is -2.19. The number of pyridine rings is 1. The van der Waals surface area contributed by atoms with E-state index in [0.29, 0.717) is 34.0 Å². The molecule has 194 valence electrons. The molecular formula is C30H30N4O4. The van der Waals surface area contributed by atoms with Gasteiger partial charge in [0.15, 0.2) is 0 Å². The van der Waals surface area contributed by atoms with Crippen LogP contribution >= 0.6 is 0 Å². The Kier molecular flexibility index (Phi) is 5.63. The number of hydrogen-bond donors (Lipinski definition) is 2. The summed E-state index contributed by atoms with van der Waals surface area (Å²) in [4.78, 5) is 44.0. The molecule has 0 aliphatic carbocycles. The highest BCUT2D eigenvalue weighted by atomic mass is 16.5. The van der Waals surface area contributed by atoms with E-state index in [0.717, 1.165) is 40.5 Å². The summed E-state index contributed by atoms with van der Waals surface area (Å²) in [6, 6.07) is 13.5. The molecule has 2 amide bonds. The summed E-state index contributed by atoms with van der Waals surface area (Å²) in [7, 11) is 1.58. The van der Waals surface area contributed by atoms with Crippen LogP contribution in [0.15, 0.2) is 64.7 Å². The summed E-state index contributed by atoms with van der Waals surface area (Å²) in [6.07, 6.45) is 3.08. The summed E-state index contributed by atoms with van der Waals surface area (Å²) in [5, 5.41) is 5.30. The van der Waals surface area contributed by atoms with Crippen LogP contribution in [0.3, 0.4) is 0 Å². The van der Waals surface area contributed by atoms with Gasteiger partial charge in [-0.2, -0.15) is 0 Å². The molecule has 0 saturated heterocycles. The fourth-order valence-corrected chi connectivity index (χ4v) is 5.72. The van der Waals surface area contributed by atoms with E-state index in [1.807, 2.05) is 30.3 Å². The average molecular weight is 511 g/mol. The lowest BCUT2D eigenvalue weighted by atomic mass is 9.84. The van der Waals surface area contributed by atoms with Gasteiger partial charge in [0.05, 0.1) is 30.3 Å². The van der Waals surface area contributed by atoms with Crippen LogP contribution < -0.4 is 15.6 Å². The molecule has 4 heterocycles. The Hall–Kier alpha value is -4.33. The van der Waals surface area contributed by atoms with Crippen LogP contribution in [0.25, 0.3) is 21.8 Å². The van der Waals surface area contributed by atoms with Crippen LogP contribution in [0.2, 0.25) is 0 Å². The number of aromatic nitrogens is 2. The van der Waals surface area contributed by atoms with Crippen molar-refractivity contribution in [3.05, 3.63) is 81.4 Å². The van der Waals surface area contributed by atoms with E-state index >= 15 is 0 Å². The van der Waals surface area contributed by atoms with Crippen LogP contribution in [0.5, 0.6) is 5.75 Å². The first-order valence-electron chi connectivity index (χ1n) is 12.9. The molecular weight excluding hydrogens is 480 g/mol. The third-order valence-electron chi connectivity index (χ3n) is 7.66. The summed E-state index contributed by atoms with van der Waals surface area (Å²) in [6.45, 7) is 6.75. The number of ether oxygens (including phenoxy) is 1. The number of anilines is 1. The molecule has 0 fully saturated rings. The number of rotatable bonds is 5. The molecule has 6 rings (SSSR count). The van der Waals surface area contributed by atoms with Crippen molar-refractivity contribution in [3.63, 3.8) is 0 Å². The van der Waals surface area contributed by atoms with Crippen LogP contribution in [0, 0.1) is 5.92 Å². The maximum absolute atomic E-state index is 13.7. The van der Waals surface area contributed by atoms with Crippen molar-refractivity contribution >= 4 is 39.3 Å². The Balaban J connectivity index is 1.63. The summed E-state index contributed by atoms with van der Waals surface area (Å²) in [5.41, 5.74) is 4.75. The molecule has 1 atom stereocenters. The largest absolute Gasteiger partial charge is 0.497 e. The van der Waals surface area contributed by atoms with Gasteiger partial charge in [0.2, 0.25) is 5.91 Å². The maximum Gasteiger partial charge on any atom is 0.259 e. The van der Waals surface area contributed by atoms with Gasteiger partial charge < -0.3 is 19.6 Å². The first kappa shape index (κ1) is 24.0. The number of aromatic amines is 1. The Bertz CT molecular complexity index is 1730. The molecule has 0 bridgehead atoms. The number of carbonyl (C=O) groups excluding carboxylic acids is 2. The fourth-order valence-electron chi connectivity index (χ4n) is 5.72. The molecule has 8 nitrogen and oxygen atoms in total. The number of imide groups is 1. The van der Waals surface area contributed by atoms with Gasteiger partial charge in [-0.15, -0.1) is 0 Å². The molecule has 38 heavy (non-hydrogen) atoms. The van der Waals surface area contributed by atoms with Gasteiger partial charge in [-0.1, -0.05) is 19.9 Å². The Morgan fingerprint density at radius 2 is 1.95 bits per heavy atom. The Morgan fingerprint density at radius 1 is 1.13 bits per heavy atom. The average Bonchev–Trinajstić information content (AvgIpc) is 3.37. The van der Waals surface area contributed by atoms with Gasteiger partial charge in [0, 0.05) is 54.0 Å². The molecule has 0 radical (unpaired) electrons. The van der Waals surface area contributed by atoms with Crippen molar-refractivity contribution in [2.45, 2.75) is 39.7 Å². The van der Waals surface area contributed by atoms with Gasteiger partial charge in [-0.25, -0.2) is 0 Å². The Morgan fingerprint density at radius 3 is 2.68 bits per heavy atom. The highest BCUT2D eigenvalue weighted by Gasteiger charge is 2.42. The lowest BCUT2D eigenvalue weighted by Crippen LogP contribution is -2.33. The van der Waals surface area contributed by atoms with Crippen LogP contribution in [0.4, 0.5) is 5.69 Å². The number of fused-ring (bicyclic) bond motifs is 1. The van der Waals surface area contributed by atoms with Crippen LogP contribution in [0.1, 0.15) is 44.2 Å². The number of H-pyrrole nitrogens is 1. The number of benzene rings is 2. The quantitative estimate of drug-likeness (QED) is 0.404. The second-order valence-corrected chi connectivity index (χ2v) is 10.5. The number of amides is 2. The lowest BCUT2D eigenvalue weighted by molar-refractivity contribution is -0.139. The molecule has 0 unspecified atom stereocenters. The molecule has 8 heteroatoms. The standard InChI is InChI=1S/C30H30N4O4/c1-16(2)10-11-33-14-21-26(20-12-18-8-9-19(38-4)13-23(18)32-29(20)36)28-24(15-34(17(3)35)30(28)37)31-22-6-5-7-25(33)27(21)22/h5-9,12-14,16,26,31H,10-11,15H2,1-4H3,(H,32,36)/t26-/m0/s1. The number of nitrogens with zero attached hydrogens (tertiary/aromatic N) is 2. The van der Waals surface area contributed by atoms with Crippen molar-refractivity contribution in [2.24, 2.45) is 5.92 Å². The van der Waals surface area contributed by atoms with E-state index in [9.17, 15) is 14.4 Å². The SMILES string of the molecule is COc1ccc2cc([C@@H]3C4=C(CN(C(C)=O)C4=O)Nc4cccc5c4c3cn5CCC(C)C)c(=O)[nH]c2c1. The van der Waals surface area contributed by atoms with Crippen molar-refractivity contribution in [1.29, 1.82) is 0 Å². The fraction of sp³-hybridized carbons (Fsp3) is 0.300. The molecule has 2 aliphatic rings. The summed E-state index contributed by atoms with van der Waals surface area (Å²) >= 11 is 0. The predicted octanol–water partition coefficient (Wildman–Crippen LogP) is 4.74. The third kappa shape index (κ3) is 3.70. The third-order valence-corrected chi connectivity index (χ3v) is 7.66. The van der Waals surface area contributed by atoms with Crippen molar-refractivity contribution < 1.29 is 14.3 Å². The van der Waals surface area contributed by atoms with Gasteiger partial charge in [-0.3, -0.25) is 19.3 Å². The smallest absolute Gasteiger partial charge is 0.259 e. The van der Waals surface area contributed by atoms with E-state index in [2.05, 4.69) is 41.0 Å². The predicted molar refractivity (Wildman–Crippen MR) is 147 cm³/mol. The number of nitrogens with one attached hydrogen (secondary N) is 2. The molecule has 4 aromatic rings. The monoisotopic (exact) mass is 510 g/mol. The minimum atomic E-state index is -0.643. The highest BCUT2D eigenvalue weighted by Crippen LogP contribution is 2.46. The van der Waals surface area contributed by atoms with Crippen molar-refractivity contribution in [1.82, 2.24) is 14.5 Å². The minimum Gasteiger partial charge on any atom is -0.497 e. The normalized spacial score (nSPS) is 16.8. The highest BCUT2D eigenvalue weighted by molar-refractivity contribution is 6.11. The van der Waals surface area contributed by atoms with Gasteiger partial charge in [-0.05, 0) is 53.6 Å². The minimum absolute atomic E-state index is 0.150. The number of methoxy groups -OCH3 is 1. The molecule has 2 aromatic carbocycles. The first-order chi connectivity index (χ1) is 18.3. The van der Waals surface area contributed by atoms with Gasteiger partial charge >= 0.3 is 0 Å². The second-order valence-electron chi connectivity index (χ2n) is 10.5. The molecule has 0 saturated carbocycles. The number of carbonyl (C=O) groups is 2. The zero-order valence-corrected chi connectivity index (χ0v) is 21.9. The van der Waals surface area contributed by atoms with E-state index < -0.39 is 5.92 Å². The van der Waals surface area contributed by atoms with E-state index in [4.69, 9.17) is 4.74 Å². The van der Waals surface area contributed by atoms with Crippen molar-refractivity contribution in [3.8, 4) is 5.75 Å². The van der Waals surface area contributed by atoms with E-state index in [-0.39, 0.29) is 23.9 Å². The molecule has 0 spiro atoms. The van der Waals surface area contributed by atoms with Gasteiger partial charge in [0.1, 0.15) is 5.75 Å². The zero-order valence-electron chi connectivity index (χ0n) is 21.9. The molecule has 2 aromatic heterocycles. The van der Waals surface area contributed by atoms with Crippen LogP contribution in [-0.4, -0.2) is 39.9 Å². The van der Waals surface area contributed by atoms with Gasteiger partial charge in [0.25, 0.3) is 11.5 Å². The molecule has 2 aliphatic heterocycles. The topological polar surface area (TPSA) is 96.4 Å². The number of hydrogen-bond acceptors (Lipinski definition) is 5. The summed E-state index contributed by atoms with van der Waals surface area (Å²) in [5.74, 6) is -0.163. The van der Waals surface area contributed by atoms with E-state index in [1.165, 1.54) is 11.8 Å². The zero-order chi connectivity index (χ0) is 26.7. The van der Waals surface area contributed by atoms with Crippen molar-refractivity contribution in [2.75, 3.05) is 19.0 Å². The summed E-state index contributed by atoms with van der Waals surface area (Å²) < 4.78 is 7.55. The first-order valence-corrected chi connectivity index (χ1v) is 12.9. The number of aryl methyl sites for hydroxylation is 1.